The first-order chi connectivity index (χ1) is 32.0. The van der Waals surface area contributed by atoms with Crippen LogP contribution >= 0.6 is 0 Å². The minimum Gasteiger partial charge on any atom is -0.462 e. The second-order valence-corrected chi connectivity index (χ2v) is 17.8. The van der Waals surface area contributed by atoms with Gasteiger partial charge < -0.3 is 14.2 Å². The zero-order chi connectivity index (χ0) is 47.2. The number of allylic oxidation sites excluding steroid dienone is 14. The quantitative estimate of drug-likeness (QED) is 0.0262. The molecule has 0 aliphatic carbocycles. The van der Waals surface area contributed by atoms with E-state index in [-0.39, 0.29) is 37.5 Å². The molecule has 0 bridgehead atoms. The highest BCUT2D eigenvalue weighted by molar-refractivity contribution is 5.71. The number of hydrogen-bond acceptors (Lipinski definition) is 6. The Morgan fingerprint density at radius 3 is 0.969 bits per heavy atom. The molecule has 0 aromatic rings. The molecule has 6 heteroatoms. The molecule has 0 amide bonds. The van der Waals surface area contributed by atoms with Gasteiger partial charge in [-0.2, -0.15) is 0 Å². The first-order valence-corrected chi connectivity index (χ1v) is 27.1. The van der Waals surface area contributed by atoms with Gasteiger partial charge in [0.2, 0.25) is 0 Å². The summed E-state index contributed by atoms with van der Waals surface area (Å²) >= 11 is 0. The minimum absolute atomic E-state index is 0.108. The zero-order valence-corrected chi connectivity index (χ0v) is 42.5. The van der Waals surface area contributed by atoms with Crippen LogP contribution in [0, 0.1) is 0 Å². The molecule has 0 unspecified atom stereocenters. The lowest BCUT2D eigenvalue weighted by molar-refractivity contribution is -0.167. The van der Waals surface area contributed by atoms with Gasteiger partial charge in [-0.25, -0.2) is 0 Å². The van der Waals surface area contributed by atoms with Crippen molar-refractivity contribution in [3.63, 3.8) is 0 Å². The summed E-state index contributed by atoms with van der Waals surface area (Å²) in [6.45, 7) is 6.52. The van der Waals surface area contributed by atoms with Crippen LogP contribution < -0.4 is 0 Å². The SMILES string of the molecule is CCCCC/C=C\C/C=C\C/C=C\C/C=C\CCCCCC(=O)OC[C@H](COC(=O)CCC/C=C\C/C=C\C/C=C\CCCCCCCC)OC(=O)CCCCCCCCCCCCC. The third-order valence-electron chi connectivity index (χ3n) is 11.4. The van der Waals surface area contributed by atoms with Crippen LogP contribution in [-0.4, -0.2) is 37.2 Å². The number of unbranched alkanes of at least 4 members (excludes halogenated alkanes) is 23. The first kappa shape index (κ1) is 61.6. The topological polar surface area (TPSA) is 78.9 Å². The molecule has 0 aromatic carbocycles. The summed E-state index contributed by atoms with van der Waals surface area (Å²) in [6, 6.07) is 0. The van der Waals surface area contributed by atoms with Crippen molar-refractivity contribution in [3.8, 4) is 0 Å². The minimum atomic E-state index is -0.808. The van der Waals surface area contributed by atoms with E-state index in [1.165, 1.54) is 122 Å². The summed E-state index contributed by atoms with van der Waals surface area (Å²) in [6.07, 6.45) is 68.6. The molecule has 0 radical (unpaired) electrons. The predicted octanol–water partition coefficient (Wildman–Crippen LogP) is 18.0. The zero-order valence-electron chi connectivity index (χ0n) is 42.5. The van der Waals surface area contributed by atoms with Crippen LogP contribution in [0.3, 0.4) is 0 Å². The van der Waals surface area contributed by atoms with Crippen LogP contribution in [0.4, 0.5) is 0 Å². The summed E-state index contributed by atoms with van der Waals surface area (Å²) in [7, 11) is 0. The third kappa shape index (κ3) is 51.4. The third-order valence-corrected chi connectivity index (χ3v) is 11.4. The highest BCUT2D eigenvalue weighted by Crippen LogP contribution is 2.14. The monoisotopic (exact) mass is 905 g/mol. The Hall–Kier alpha value is -3.41. The maximum atomic E-state index is 12.8. The molecule has 1 atom stereocenters. The fraction of sp³-hybridized carbons (Fsp3) is 0.712. The van der Waals surface area contributed by atoms with Crippen molar-refractivity contribution < 1.29 is 28.6 Å². The number of carbonyl (C=O) groups is 3. The van der Waals surface area contributed by atoms with Gasteiger partial charge in [0.15, 0.2) is 6.10 Å². The van der Waals surface area contributed by atoms with Crippen LogP contribution in [0.15, 0.2) is 85.1 Å². The lowest BCUT2D eigenvalue weighted by Crippen LogP contribution is -2.30. The van der Waals surface area contributed by atoms with Crippen LogP contribution in [0.25, 0.3) is 0 Å². The van der Waals surface area contributed by atoms with Crippen LogP contribution in [-0.2, 0) is 28.6 Å². The van der Waals surface area contributed by atoms with Crippen molar-refractivity contribution in [2.24, 2.45) is 0 Å². The van der Waals surface area contributed by atoms with Gasteiger partial charge in [0, 0.05) is 19.3 Å². The van der Waals surface area contributed by atoms with E-state index in [0.29, 0.717) is 19.3 Å². The van der Waals surface area contributed by atoms with E-state index >= 15 is 0 Å². The van der Waals surface area contributed by atoms with E-state index in [9.17, 15) is 14.4 Å². The number of carbonyl (C=O) groups excluding carboxylic acids is 3. The highest BCUT2D eigenvalue weighted by Gasteiger charge is 2.19. The Kier molecular flexibility index (Phi) is 50.4. The molecule has 0 heterocycles. The van der Waals surface area contributed by atoms with Crippen molar-refractivity contribution in [2.75, 3.05) is 13.2 Å². The van der Waals surface area contributed by atoms with E-state index in [0.717, 1.165) is 83.5 Å². The first-order valence-electron chi connectivity index (χ1n) is 27.1. The van der Waals surface area contributed by atoms with Crippen molar-refractivity contribution in [1.29, 1.82) is 0 Å². The van der Waals surface area contributed by atoms with E-state index in [4.69, 9.17) is 14.2 Å². The van der Waals surface area contributed by atoms with Crippen molar-refractivity contribution in [2.45, 2.75) is 258 Å². The van der Waals surface area contributed by atoms with Crippen LogP contribution in [0.5, 0.6) is 0 Å². The molecule has 372 valence electrons. The molecule has 6 nitrogen and oxygen atoms in total. The number of esters is 3. The summed E-state index contributed by atoms with van der Waals surface area (Å²) in [5.41, 5.74) is 0. The van der Waals surface area contributed by atoms with Gasteiger partial charge in [0.05, 0.1) is 0 Å². The fourth-order valence-electron chi connectivity index (χ4n) is 7.26. The van der Waals surface area contributed by atoms with Gasteiger partial charge in [-0.05, 0) is 96.3 Å². The standard InChI is InChI=1S/C59H100O6/c1-4-7-10-13-16-19-22-24-26-28-29-31-33-35-38-40-43-46-49-52-58(61)64-55-56(65-59(62)53-50-47-44-41-36-21-18-15-12-9-6-3)54-63-57(60)51-48-45-42-39-37-34-32-30-27-25-23-20-17-14-11-8-5-2/h16,19,24-27,29,31-32,34-35,38-39,42,56H,4-15,17-18,20-23,28,30,33,36-37,40-41,43-55H2,1-3H3/b19-16-,26-24-,27-25-,31-29-,34-32-,38-35-,42-39-/t56-/m0/s1. The Labute approximate surface area is 401 Å². The molecule has 0 aliphatic rings. The number of ether oxygens (including phenoxy) is 3. The summed E-state index contributed by atoms with van der Waals surface area (Å²) < 4.78 is 16.7. The molecule has 0 N–H and O–H groups in total. The van der Waals surface area contributed by atoms with E-state index in [1.54, 1.807) is 0 Å². The van der Waals surface area contributed by atoms with Crippen molar-refractivity contribution >= 4 is 17.9 Å². The summed E-state index contributed by atoms with van der Waals surface area (Å²) in [4.78, 5) is 38.0. The summed E-state index contributed by atoms with van der Waals surface area (Å²) in [5.74, 6) is -0.988. The molecule has 0 rings (SSSR count). The molecule has 0 fully saturated rings. The average Bonchev–Trinajstić information content (AvgIpc) is 3.30. The number of rotatable bonds is 48. The Morgan fingerprint density at radius 1 is 0.308 bits per heavy atom. The Balaban J connectivity index is 4.47. The second kappa shape index (κ2) is 53.2. The van der Waals surface area contributed by atoms with Gasteiger partial charge in [0.1, 0.15) is 13.2 Å². The molecule has 0 saturated carbocycles. The molecular formula is C59H100O6. The Morgan fingerprint density at radius 2 is 0.569 bits per heavy atom. The van der Waals surface area contributed by atoms with Gasteiger partial charge >= 0.3 is 17.9 Å². The maximum Gasteiger partial charge on any atom is 0.306 e. The van der Waals surface area contributed by atoms with Crippen molar-refractivity contribution in [3.05, 3.63) is 85.1 Å². The fourth-order valence-corrected chi connectivity index (χ4v) is 7.26. The van der Waals surface area contributed by atoms with Crippen LogP contribution in [0.2, 0.25) is 0 Å². The highest BCUT2D eigenvalue weighted by atomic mass is 16.6. The second-order valence-electron chi connectivity index (χ2n) is 17.8. The molecule has 0 spiro atoms. The van der Waals surface area contributed by atoms with Crippen molar-refractivity contribution in [1.82, 2.24) is 0 Å². The molecular weight excluding hydrogens is 805 g/mol. The van der Waals surface area contributed by atoms with E-state index < -0.39 is 6.10 Å². The average molecular weight is 905 g/mol. The normalized spacial score (nSPS) is 12.7. The molecule has 0 aliphatic heterocycles. The lowest BCUT2D eigenvalue weighted by Gasteiger charge is -2.18. The smallest absolute Gasteiger partial charge is 0.306 e. The predicted molar refractivity (Wildman–Crippen MR) is 279 cm³/mol. The maximum absolute atomic E-state index is 12.8. The molecule has 65 heavy (non-hydrogen) atoms. The molecule has 0 aromatic heterocycles. The van der Waals surface area contributed by atoms with Crippen LogP contribution in [0.1, 0.15) is 252 Å². The van der Waals surface area contributed by atoms with Gasteiger partial charge in [-0.3, -0.25) is 14.4 Å². The van der Waals surface area contributed by atoms with E-state index in [1.807, 2.05) is 0 Å². The largest absolute Gasteiger partial charge is 0.462 e. The van der Waals surface area contributed by atoms with E-state index in [2.05, 4.69) is 106 Å². The summed E-state index contributed by atoms with van der Waals surface area (Å²) in [5, 5.41) is 0. The Bertz CT molecular complexity index is 1270. The lowest BCUT2D eigenvalue weighted by atomic mass is 10.1. The van der Waals surface area contributed by atoms with Gasteiger partial charge in [-0.1, -0.05) is 221 Å². The molecule has 0 saturated heterocycles. The van der Waals surface area contributed by atoms with Gasteiger partial charge in [0.25, 0.3) is 0 Å². The van der Waals surface area contributed by atoms with Gasteiger partial charge in [-0.15, -0.1) is 0 Å². The number of hydrogen-bond donors (Lipinski definition) is 0.